The van der Waals surface area contributed by atoms with Crippen molar-refractivity contribution < 1.29 is 4.42 Å². The molecule has 0 atom stereocenters. The van der Waals surface area contributed by atoms with Crippen LogP contribution in [0.4, 0.5) is 0 Å². The fourth-order valence-corrected chi connectivity index (χ4v) is 10.0. The number of para-hydroxylation sites is 4. The Bertz CT molecular complexity index is 4080. The van der Waals surface area contributed by atoms with Gasteiger partial charge in [0.05, 0.1) is 33.1 Å². The zero-order chi connectivity index (χ0) is 38.3. The highest BCUT2D eigenvalue weighted by molar-refractivity contribution is 6.30. The summed E-state index contributed by atoms with van der Waals surface area (Å²) >= 11 is 0. The smallest absolute Gasteiger partial charge is 0.162 e. The van der Waals surface area contributed by atoms with Crippen molar-refractivity contribution in [3.8, 4) is 28.3 Å². The normalized spacial score (nSPS) is 12.4. The van der Waals surface area contributed by atoms with Crippen molar-refractivity contribution >= 4 is 104 Å². The van der Waals surface area contributed by atoms with Crippen molar-refractivity contribution in [3.63, 3.8) is 0 Å². The maximum absolute atomic E-state index is 6.57. The van der Waals surface area contributed by atoms with Gasteiger partial charge < -0.3 is 8.82 Å². The van der Waals surface area contributed by atoms with Crippen LogP contribution >= 0.6 is 0 Å². The minimum atomic E-state index is 0.708. The topological polar surface area (TPSA) is 48.3 Å². The second-order valence-corrected chi connectivity index (χ2v) is 15.7. The molecule has 0 fully saturated rings. The van der Waals surface area contributed by atoms with Gasteiger partial charge in [0.25, 0.3) is 0 Å². The molecule has 0 radical (unpaired) electrons. The van der Waals surface area contributed by atoms with Crippen LogP contribution in [0.5, 0.6) is 0 Å². The number of fused-ring (bicyclic) bond motifs is 15. The summed E-state index contributed by atoms with van der Waals surface area (Å²) in [6, 6.07) is 65.2. The zero-order valence-electron chi connectivity index (χ0n) is 31.5. The van der Waals surface area contributed by atoms with Gasteiger partial charge in [-0.3, -0.25) is 4.57 Å². The SMILES string of the molecule is c1ccc(-c2nc(-n3c4ccccc4c4cc(-c5ccc6oc7cc8ccc9c(c8cc7c6c5)c5cccc6c7ccccc7n9c65)ccc43)c3ccccc3n2)cc1. The molecule has 0 amide bonds. The van der Waals surface area contributed by atoms with E-state index in [0.717, 1.165) is 66.4 Å². The summed E-state index contributed by atoms with van der Waals surface area (Å²) in [6.07, 6.45) is 0. The summed E-state index contributed by atoms with van der Waals surface area (Å²) < 4.78 is 11.3. The minimum Gasteiger partial charge on any atom is -0.456 e. The summed E-state index contributed by atoms with van der Waals surface area (Å²) in [5.74, 6) is 1.58. The van der Waals surface area contributed by atoms with E-state index >= 15 is 0 Å². The van der Waals surface area contributed by atoms with E-state index in [-0.39, 0.29) is 0 Å². The predicted octanol–water partition coefficient (Wildman–Crippen LogP) is 14.3. The van der Waals surface area contributed by atoms with Gasteiger partial charge in [0.1, 0.15) is 17.0 Å². The molecule has 0 bridgehead atoms. The molecule has 272 valence electrons. The molecule has 14 rings (SSSR count). The van der Waals surface area contributed by atoms with E-state index in [9.17, 15) is 0 Å². The van der Waals surface area contributed by atoms with Crippen LogP contribution in [-0.4, -0.2) is 18.9 Å². The first-order valence-electron chi connectivity index (χ1n) is 20.1. The van der Waals surface area contributed by atoms with Crippen LogP contribution in [0.25, 0.3) is 132 Å². The van der Waals surface area contributed by atoms with Gasteiger partial charge in [-0.2, -0.15) is 0 Å². The van der Waals surface area contributed by atoms with Gasteiger partial charge in [-0.1, -0.05) is 115 Å². The van der Waals surface area contributed by atoms with Crippen LogP contribution in [-0.2, 0) is 0 Å². The Morgan fingerprint density at radius 1 is 0.373 bits per heavy atom. The molecule has 0 aliphatic carbocycles. The van der Waals surface area contributed by atoms with E-state index in [1.54, 1.807) is 0 Å². The number of hydrogen-bond acceptors (Lipinski definition) is 3. The predicted molar refractivity (Wildman–Crippen MR) is 244 cm³/mol. The van der Waals surface area contributed by atoms with Crippen LogP contribution in [0.3, 0.4) is 0 Å². The Hall–Kier alpha value is -8.02. The average Bonchev–Trinajstić information content (AvgIpc) is 4.03. The van der Waals surface area contributed by atoms with Crippen molar-refractivity contribution in [3.05, 3.63) is 182 Å². The molecular weight excluding hydrogens is 721 g/mol. The Morgan fingerprint density at radius 2 is 1.03 bits per heavy atom. The quantitative estimate of drug-likeness (QED) is 0.181. The number of rotatable bonds is 3. The molecular formula is C54H30N4O. The van der Waals surface area contributed by atoms with Gasteiger partial charge in [0.15, 0.2) is 5.82 Å². The molecule has 0 N–H and O–H groups in total. The Labute approximate surface area is 335 Å². The molecule has 59 heavy (non-hydrogen) atoms. The van der Waals surface area contributed by atoms with Crippen molar-refractivity contribution in [2.45, 2.75) is 0 Å². The molecule has 14 aromatic rings. The van der Waals surface area contributed by atoms with E-state index in [1.165, 1.54) is 59.6 Å². The maximum atomic E-state index is 6.57. The molecule has 0 saturated carbocycles. The van der Waals surface area contributed by atoms with Gasteiger partial charge >= 0.3 is 0 Å². The third-order valence-corrected chi connectivity index (χ3v) is 12.6. The summed E-state index contributed by atoms with van der Waals surface area (Å²) in [7, 11) is 0. The molecule has 5 aromatic heterocycles. The lowest BCUT2D eigenvalue weighted by Gasteiger charge is -2.12. The molecule has 0 spiro atoms. The van der Waals surface area contributed by atoms with E-state index in [2.05, 4.69) is 167 Å². The second-order valence-electron chi connectivity index (χ2n) is 15.7. The fraction of sp³-hybridized carbons (Fsp3) is 0. The summed E-state index contributed by atoms with van der Waals surface area (Å²) in [5.41, 5.74) is 11.9. The van der Waals surface area contributed by atoms with Gasteiger partial charge in [-0.25, -0.2) is 9.97 Å². The summed E-state index contributed by atoms with van der Waals surface area (Å²) in [5, 5.41) is 13.2. The van der Waals surface area contributed by atoms with Crippen molar-refractivity contribution in [2.75, 3.05) is 0 Å². The molecule has 0 aliphatic heterocycles. The lowest BCUT2D eigenvalue weighted by Crippen LogP contribution is -2.02. The van der Waals surface area contributed by atoms with E-state index in [4.69, 9.17) is 14.4 Å². The summed E-state index contributed by atoms with van der Waals surface area (Å²) in [6.45, 7) is 0. The third kappa shape index (κ3) is 4.18. The monoisotopic (exact) mass is 750 g/mol. The molecule has 0 unspecified atom stereocenters. The lowest BCUT2D eigenvalue weighted by atomic mass is 9.98. The number of benzene rings is 9. The number of nitrogens with zero attached hydrogens (tertiary/aromatic N) is 4. The van der Waals surface area contributed by atoms with Crippen LogP contribution in [0.1, 0.15) is 0 Å². The number of hydrogen-bond donors (Lipinski definition) is 0. The van der Waals surface area contributed by atoms with E-state index < -0.39 is 0 Å². The molecule has 9 aromatic carbocycles. The molecule has 5 nitrogen and oxygen atoms in total. The van der Waals surface area contributed by atoms with Crippen molar-refractivity contribution in [1.82, 2.24) is 18.9 Å². The fourth-order valence-electron chi connectivity index (χ4n) is 10.0. The molecule has 5 heterocycles. The number of aromatic nitrogens is 4. The highest BCUT2D eigenvalue weighted by Gasteiger charge is 2.21. The van der Waals surface area contributed by atoms with E-state index in [0.29, 0.717) is 5.82 Å². The standard InChI is InChI=1S/C54H30N4O/c1-2-11-31(12-3-1)53-55-44-18-7-4-15-38(44)54(56-53)58-46-20-9-6-14-36(46)41-27-32(21-24-47(41)58)33-23-26-49-42(28-33)43-30-40-34(29-50(43)59-49)22-25-48-51(40)39-17-10-16-37-35-13-5-8-19-45(35)57(48)52(37)39/h1-30H. The van der Waals surface area contributed by atoms with Gasteiger partial charge in [0.2, 0.25) is 0 Å². The van der Waals surface area contributed by atoms with E-state index in [1.807, 2.05) is 24.3 Å². The average molecular weight is 751 g/mol. The van der Waals surface area contributed by atoms with Gasteiger partial charge in [-0.05, 0) is 88.6 Å². The molecule has 5 heteroatoms. The molecule has 0 aliphatic rings. The zero-order valence-corrected chi connectivity index (χ0v) is 31.5. The Balaban J connectivity index is 0.972. The third-order valence-electron chi connectivity index (χ3n) is 12.6. The first-order chi connectivity index (χ1) is 29.2. The first kappa shape index (κ1) is 31.1. The summed E-state index contributed by atoms with van der Waals surface area (Å²) in [4.78, 5) is 10.3. The van der Waals surface area contributed by atoms with Crippen molar-refractivity contribution in [2.24, 2.45) is 0 Å². The number of furan rings is 1. The van der Waals surface area contributed by atoms with Crippen LogP contribution in [0.2, 0.25) is 0 Å². The van der Waals surface area contributed by atoms with Gasteiger partial charge in [-0.15, -0.1) is 0 Å². The second kappa shape index (κ2) is 11.3. The maximum Gasteiger partial charge on any atom is 0.162 e. The van der Waals surface area contributed by atoms with Crippen LogP contribution in [0, 0.1) is 0 Å². The Morgan fingerprint density at radius 3 is 1.92 bits per heavy atom. The Kier molecular flexibility index (Phi) is 5.96. The van der Waals surface area contributed by atoms with Crippen molar-refractivity contribution in [1.29, 1.82) is 0 Å². The largest absolute Gasteiger partial charge is 0.456 e. The van der Waals surface area contributed by atoms with Crippen LogP contribution < -0.4 is 0 Å². The molecule has 0 saturated heterocycles. The highest BCUT2D eigenvalue weighted by Crippen LogP contribution is 2.44. The van der Waals surface area contributed by atoms with Gasteiger partial charge in [0, 0.05) is 54.0 Å². The first-order valence-corrected chi connectivity index (χ1v) is 20.1. The lowest BCUT2D eigenvalue weighted by molar-refractivity contribution is 0.669. The minimum absolute atomic E-state index is 0.708. The van der Waals surface area contributed by atoms with Crippen LogP contribution in [0.15, 0.2) is 186 Å². The highest BCUT2D eigenvalue weighted by atomic mass is 16.3.